The van der Waals surface area contributed by atoms with Gasteiger partial charge in [-0.05, 0) is 79.0 Å². The molecule has 0 atom stereocenters. The second-order valence-corrected chi connectivity index (χ2v) is 8.19. The fraction of sp³-hybridized carbons (Fsp3) is 0.364. The van der Waals surface area contributed by atoms with E-state index in [1.54, 1.807) is 36.0 Å². The average molecular weight is 419 g/mol. The molecule has 0 spiro atoms. The topological polar surface area (TPSA) is 52.6 Å². The molecule has 0 aromatic heterocycles. The Hall–Kier alpha value is -1.98. The van der Waals surface area contributed by atoms with Crippen LogP contribution in [-0.4, -0.2) is 31.2 Å². The van der Waals surface area contributed by atoms with Crippen molar-refractivity contribution in [2.75, 3.05) is 19.5 Å². The molecule has 28 heavy (non-hydrogen) atoms. The van der Waals surface area contributed by atoms with Crippen LogP contribution in [0.25, 0.3) is 0 Å². The van der Waals surface area contributed by atoms with Crippen molar-refractivity contribution in [3.63, 3.8) is 0 Å². The Balaban J connectivity index is 1.53. The van der Waals surface area contributed by atoms with E-state index in [-0.39, 0.29) is 18.4 Å². The number of rotatable bonds is 9. The first-order valence-electron chi connectivity index (χ1n) is 9.34. The number of hydrogen-bond donors (Lipinski definition) is 0. The fourth-order valence-electron chi connectivity index (χ4n) is 3.30. The van der Waals surface area contributed by atoms with Gasteiger partial charge in [-0.1, -0.05) is 11.6 Å². The van der Waals surface area contributed by atoms with Crippen molar-refractivity contribution >= 4 is 35.1 Å². The van der Waals surface area contributed by atoms with E-state index < -0.39 is 0 Å². The highest BCUT2D eigenvalue weighted by molar-refractivity contribution is 7.99. The second-order valence-electron chi connectivity index (χ2n) is 6.62. The number of thioether (sulfide) groups is 1. The van der Waals surface area contributed by atoms with E-state index in [9.17, 15) is 9.59 Å². The zero-order chi connectivity index (χ0) is 19.9. The molecular formula is C22H23ClO4S. The first-order valence-corrected chi connectivity index (χ1v) is 10.7. The highest BCUT2D eigenvalue weighted by Crippen LogP contribution is 2.38. The number of Topliss-reactive ketones (excluding diaryl/α,β-unsaturated/α-hetero) is 1. The van der Waals surface area contributed by atoms with E-state index in [1.165, 1.54) is 23.1 Å². The summed E-state index contributed by atoms with van der Waals surface area (Å²) >= 11 is 7.65. The number of methoxy groups -OCH3 is 1. The van der Waals surface area contributed by atoms with Gasteiger partial charge in [-0.2, -0.15) is 0 Å². The minimum atomic E-state index is -0.379. The van der Waals surface area contributed by atoms with E-state index in [1.807, 2.05) is 6.07 Å². The predicted octanol–water partition coefficient (Wildman–Crippen LogP) is 5.14. The minimum Gasteiger partial charge on any atom is -0.482 e. The lowest BCUT2D eigenvalue weighted by molar-refractivity contribution is -0.142. The lowest BCUT2D eigenvalue weighted by atomic mass is 10.1. The van der Waals surface area contributed by atoms with Gasteiger partial charge in [0.05, 0.1) is 7.11 Å². The highest BCUT2D eigenvalue weighted by atomic mass is 35.5. The number of hydrogen-bond acceptors (Lipinski definition) is 5. The Morgan fingerprint density at radius 1 is 1.07 bits per heavy atom. The molecule has 0 heterocycles. The number of ketones is 1. The van der Waals surface area contributed by atoms with Gasteiger partial charge in [-0.15, -0.1) is 11.8 Å². The van der Waals surface area contributed by atoms with Crippen molar-refractivity contribution in [1.29, 1.82) is 0 Å². The van der Waals surface area contributed by atoms with E-state index >= 15 is 0 Å². The molecule has 0 N–H and O–H groups in total. The molecule has 0 fully saturated rings. The van der Waals surface area contributed by atoms with Crippen LogP contribution in [0.4, 0.5) is 0 Å². The standard InChI is InChI=1S/C22H23ClO4S/c1-26-22(25)14-27-20-11-12-21(18-5-2-4-17(18)20)28-13-3-6-19(24)15-7-9-16(23)10-8-15/h7-12H,2-6,13-14H2,1H3. The molecule has 1 aliphatic carbocycles. The Morgan fingerprint density at radius 2 is 1.82 bits per heavy atom. The maximum atomic E-state index is 12.2. The van der Waals surface area contributed by atoms with Crippen LogP contribution in [0, 0.1) is 0 Å². The number of carbonyl (C=O) groups is 2. The highest BCUT2D eigenvalue weighted by Gasteiger charge is 2.20. The zero-order valence-corrected chi connectivity index (χ0v) is 17.4. The van der Waals surface area contributed by atoms with Gasteiger partial charge < -0.3 is 9.47 Å². The largest absolute Gasteiger partial charge is 0.482 e. The zero-order valence-electron chi connectivity index (χ0n) is 15.8. The number of esters is 1. The van der Waals surface area contributed by atoms with Crippen molar-refractivity contribution in [2.24, 2.45) is 0 Å². The van der Waals surface area contributed by atoms with Gasteiger partial charge >= 0.3 is 5.97 Å². The summed E-state index contributed by atoms with van der Waals surface area (Å²) in [5, 5.41) is 0.639. The van der Waals surface area contributed by atoms with Crippen LogP contribution >= 0.6 is 23.4 Å². The van der Waals surface area contributed by atoms with Crippen molar-refractivity contribution in [3.05, 3.63) is 58.1 Å². The van der Waals surface area contributed by atoms with E-state index in [0.717, 1.165) is 37.2 Å². The van der Waals surface area contributed by atoms with Gasteiger partial charge in [0.25, 0.3) is 0 Å². The molecule has 1 aliphatic rings. The lowest BCUT2D eigenvalue weighted by Crippen LogP contribution is -2.13. The Labute approximate surface area is 174 Å². The molecule has 0 saturated carbocycles. The van der Waals surface area contributed by atoms with Crippen LogP contribution in [0.15, 0.2) is 41.3 Å². The summed E-state index contributed by atoms with van der Waals surface area (Å²) in [6.45, 7) is -0.0672. The SMILES string of the molecule is COC(=O)COc1ccc(SCCCC(=O)c2ccc(Cl)cc2)c2c1CCC2. The first-order chi connectivity index (χ1) is 13.6. The Kier molecular flexibility index (Phi) is 7.40. The van der Waals surface area contributed by atoms with Gasteiger partial charge in [0.2, 0.25) is 0 Å². The molecule has 0 unspecified atom stereocenters. The summed E-state index contributed by atoms with van der Waals surface area (Å²) in [4.78, 5) is 24.8. The fourth-order valence-corrected chi connectivity index (χ4v) is 4.50. The third-order valence-corrected chi connectivity index (χ3v) is 6.18. The van der Waals surface area contributed by atoms with Gasteiger partial charge in [0.15, 0.2) is 12.4 Å². The predicted molar refractivity (Wildman–Crippen MR) is 112 cm³/mol. The van der Waals surface area contributed by atoms with Gasteiger partial charge in [-0.3, -0.25) is 4.79 Å². The van der Waals surface area contributed by atoms with Crippen molar-refractivity contribution in [1.82, 2.24) is 0 Å². The van der Waals surface area contributed by atoms with Crippen LogP contribution in [0.3, 0.4) is 0 Å². The van der Waals surface area contributed by atoms with Gasteiger partial charge in [0.1, 0.15) is 5.75 Å². The maximum Gasteiger partial charge on any atom is 0.343 e. The monoisotopic (exact) mass is 418 g/mol. The van der Waals surface area contributed by atoms with Crippen LogP contribution < -0.4 is 4.74 Å². The molecule has 0 amide bonds. The molecular weight excluding hydrogens is 396 g/mol. The van der Waals surface area contributed by atoms with Crippen LogP contribution in [0.1, 0.15) is 40.7 Å². The molecule has 3 rings (SSSR count). The van der Waals surface area contributed by atoms with Crippen LogP contribution in [0.2, 0.25) is 5.02 Å². The number of benzene rings is 2. The maximum absolute atomic E-state index is 12.2. The molecule has 0 radical (unpaired) electrons. The van der Waals surface area contributed by atoms with Crippen molar-refractivity contribution in [2.45, 2.75) is 37.0 Å². The quantitative estimate of drug-likeness (QED) is 0.244. The summed E-state index contributed by atoms with van der Waals surface area (Å²) in [7, 11) is 1.35. The van der Waals surface area contributed by atoms with Crippen LogP contribution in [-0.2, 0) is 22.4 Å². The number of ether oxygens (including phenoxy) is 2. The smallest absolute Gasteiger partial charge is 0.343 e. The molecule has 0 aliphatic heterocycles. The summed E-state index contributed by atoms with van der Waals surface area (Å²) in [5.41, 5.74) is 3.23. The molecule has 4 nitrogen and oxygen atoms in total. The summed E-state index contributed by atoms with van der Waals surface area (Å²) in [5.74, 6) is 1.43. The molecule has 0 saturated heterocycles. The molecule has 2 aromatic rings. The summed E-state index contributed by atoms with van der Waals surface area (Å²) < 4.78 is 10.3. The number of fused-ring (bicyclic) bond motifs is 1. The molecule has 2 aromatic carbocycles. The average Bonchev–Trinajstić information content (AvgIpc) is 3.20. The Morgan fingerprint density at radius 3 is 2.57 bits per heavy atom. The summed E-state index contributed by atoms with van der Waals surface area (Å²) in [6.07, 6.45) is 4.43. The number of halogens is 1. The van der Waals surface area contributed by atoms with E-state index in [2.05, 4.69) is 10.8 Å². The van der Waals surface area contributed by atoms with Gasteiger partial charge in [0, 0.05) is 21.9 Å². The first kappa shape index (κ1) is 20.7. The van der Waals surface area contributed by atoms with Crippen molar-refractivity contribution in [3.8, 4) is 5.75 Å². The van der Waals surface area contributed by atoms with Crippen molar-refractivity contribution < 1.29 is 19.1 Å². The second kappa shape index (κ2) is 9.99. The van der Waals surface area contributed by atoms with Gasteiger partial charge in [-0.25, -0.2) is 4.79 Å². The van der Waals surface area contributed by atoms with Crippen LogP contribution in [0.5, 0.6) is 5.75 Å². The third kappa shape index (κ3) is 5.30. The lowest BCUT2D eigenvalue weighted by Gasteiger charge is -2.13. The molecule has 6 heteroatoms. The van der Waals surface area contributed by atoms with E-state index in [0.29, 0.717) is 17.0 Å². The molecule has 0 bridgehead atoms. The Bertz CT molecular complexity index is 848. The van der Waals surface area contributed by atoms with E-state index in [4.69, 9.17) is 16.3 Å². The summed E-state index contributed by atoms with van der Waals surface area (Å²) in [6, 6.07) is 11.0. The molecule has 148 valence electrons. The number of carbonyl (C=O) groups excluding carboxylic acids is 2. The minimum absolute atomic E-state index is 0.0672. The third-order valence-electron chi connectivity index (χ3n) is 4.74. The normalized spacial score (nSPS) is 12.5.